The van der Waals surface area contributed by atoms with Crippen molar-refractivity contribution in [3.8, 4) is 79.5 Å². The molecule has 6 heterocycles. The molecule has 0 aliphatic rings. The molecular formula is C80H48N8. The standard InChI is InChI=1S/C43H26N4.C37H22N4/c1-3-11-27(12-4-1)28-21-23-31(24-22-28)42-44-41(30-13-5-2-6-14-30)45-43(46-42)32-25-35-33-17-7-8-19-37(33)47-38-20-10-16-29-15-9-18-34(39(29)38)36(26-32)40(35)47;1-3-10-24(11-4-1)35-38-36(25-12-5-2-6-13-25)40-37(39-35)26-20-21-27-29-17-9-18-30-28-16-7-14-23-15-8-19-31(33(23)28)41(34(29)30)32(27)22-26/h1-26H;1-22H. The molecule has 0 N–H and O–H groups in total. The normalized spacial score (nSPS) is 11.9. The van der Waals surface area contributed by atoms with Crippen molar-refractivity contribution < 1.29 is 0 Å². The van der Waals surface area contributed by atoms with Crippen molar-refractivity contribution in [1.82, 2.24) is 38.7 Å². The highest BCUT2D eigenvalue weighted by atomic mass is 15.0. The van der Waals surface area contributed by atoms with Crippen LogP contribution in [0.4, 0.5) is 0 Å². The first-order chi connectivity index (χ1) is 43.6. The van der Waals surface area contributed by atoms with Crippen LogP contribution in [-0.2, 0) is 0 Å². The van der Waals surface area contributed by atoms with Crippen molar-refractivity contribution in [3.63, 3.8) is 0 Å². The second kappa shape index (κ2) is 19.8. The fourth-order valence-corrected chi connectivity index (χ4v) is 13.5. The Hall–Kier alpha value is -12.0. The maximum atomic E-state index is 5.15. The molecule has 0 radical (unpaired) electrons. The highest BCUT2D eigenvalue weighted by molar-refractivity contribution is 6.29. The van der Waals surface area contributed by atoms with E-state index in [9.17, 15) is 0 Å². The lowest BCUT2D eigenvalue weighted by Gasteiger charge is -2.14. The van der Waals surface area contributed by atoms with E-state index in [1.807, 2.05) is 84.9 Å². The molecular weight excluding hydrogens is 1070 g/mol. The lowest BCUT2D eigenvalue weighted by atomic mass is 9.97. The summed E-state index contributed by atoms with van der Waals surface area (Å²) in [7, 11) is 0. The molecule has 0 saturated heterocycles. The zero-order valence-electron chi connectivity index (χ0n) is 47.3. The molecule has 408 valence electrons. The van der Waals surface area contributed by atoms with Crippen molar-refractivity contribution >= 4 is 97.7 Å². The van der Waals surface area contributed by atoms with Gasteiger partial charge in [-0.2, -0.15) is 0 Å². The first-order valence-corrected chi connectivity index (χ1v) is 29.7. The molecule has 8 nitrogen and oxygen atoms in total. The monoisotopic (exact) mass is 1120 g/mol. The third-order valence-corrected chi connectivity index (χ3v) is 17.5. The molecule has 0 aliphatic heterocycles. The van der Waals surface area contributed by atoms with Gasteiger partial charge in [0.05, 0.1) is 33.1 Å². The number of rotatable bonds is 7. The van der Waals surface area contributed by atoms with E-state index in [0.717, 1.165) is 44.5 Å². The SMILES string of the molecule is c1ccc(-c2ccc(-c3nc(-c4ccccc4)nc(-c4cc5c6cccc7cccc(c76)n6c7ccccc7c(c4)c56)n3)cc2)cc1.c1ccc(-c2nc(-c3ccccc3)nc(-c3ccc4c5cccc6c7cccc8cccc(c87)n(c4c3)c65)n2)cc1. The van der Waals surface area contributed by atoms with E-state index in [0.29, 0.717) is 34.9 Å². The summed E-state index contributed by atoms with van der Waals surface area (Å²) in [6.07, 6.45) is 0. The third kappa shape index (κ3) is 7.86. The predicted octanol–water partition coefficient (Wildman–Crippen LogP) is 20.0. The average Bonchev–Trinajstić information content (AvgIpc) is 1.56. The van der Waals surface area contributed by atoms with Gasteiger partial charge in [0.2, 0.25) is 0 Å². The summed E-state index contributed by atoms with van der Waals surface area (Å²) in [6.45, 7) is 0. The van der Waals surface area contributed by atoms with E-state index in [1.165, 1.54) is 97.8 Å². The van der Waals surface area contributed by atoms with Crippen LogP contribution in [-0.4, -0.2) is 38.7 Å². The van der Waals surface area contributed by atoms with Gasteiger partial charge >= 0.3 is 0 Å². The van der Waals surface area contributed by atoms with Gasteiger partial charge in [-0.05, 0) is 69.1 Å². The van der Waals surface area contributed by atoms with Gasteiger partial charge in [0.15, 0.2) is 34.9 Å². The van der Waals surface area contributed by atoms with Crippen LogP contribution in [0.25, 0.3) is 177 Å². The number of pyridine rings is 2. The average molecular weight is 1120 g/mol. The summed E-state index contributed by atoms with van der Waals surface area (Å²) in [5.41, 5.74) is 15.3. The highest BCUT2D eigenvalue weighted by Crippen LogP contribution is 2.44. The van der Waals surface area contributed by atoms with Crippen LogP contribution in [0.1, 0.15) is 0 Å². The molecule has 8 heteroatoms. The molecule has 0 amide bonds. The molecule has 13 aromatic carbocycles. The van der Waals surface area contributed by atoms with Gasteiger partial charge in [0.1, 0.15) is 0 Å². The minimum atomic E-state index is 0.650. The van der Waals surface area contributed by atoms with E-state index in [4.69, 9.17) is 29.9 Å². The van der Waals surface area contributed by atoms with Gasteiger partial charge < -0.3 is 8.80 Å². The number of para-hydroxylation sites is 2. The van der Waals surface area contributed by atoms with Gasteiger partial charge in [0, 0.05) is 76.5 Å². The quantitative estimate of drug-likeness (QED) is 0.117. The zero-order valence-corrected chi connectivity index (χ0v) is 47.3. The van der Waals surface area contributed by atoms with Crippen molar-refractivity contribution in [2.75, 3.05) is 0 Å². The first kappa shape index (κ1) is 49.4. The molecule has 0 unspecified atom stereocenters. The number of aromatic nitrogens is 8. The first-order valence-electron chi connectivity index (χ1n) is 29.7. The van der Waals surface area contributed by atoms with Gasteiger partial charge in [0.25, 0.3) is 0 Å². The summed E-state index contributed by atoms with van der Waals surface area (Å²) >= 11 is 0. The molecule has 0 spiro atoms. The maximum absolute atomic E-state index is 5.15. The lowest BCUT2D eigenvalue weighted by molar-refractivity contribution is 1.07. The summed E-state index contributed by atoms with van der Waals surface area (Å²) in [5.74, 6) is 3.95. The van der Waals surface area contributed by atoms with Gasteiger partial charge in [-0.25, -0.2) is 29.9 Å². The summed E-state index contributed by atoms with van der Waals surface area (Å²) in [4.78, 5) is 30.1. The molecule has 19 aromatic rings. The Bertz CT molecular complexity index is 5840. The van der Waals surface area contributed by atoms with Gasteiger partial charge in [-0.15, -0.1) is 0 Å². The Balaban J connectivity index is 0.000000133. The fraction of sp³-hybridized carbons (Fsp3) is 0. The van der Waals surface area contributed by atoms with E-state index >= 15 is 0 Å². The molecule has 0 atom stereocenters. The number of hydrogen-bond acceptors (Lipinski definition) is 6. The molecule has 0 fully saturated rings. The molecule has 6 aromatic heterocycles. The van der Waals surface area contributed by atoms with Crippen molar-refractivity contribution in [3.05, 3.63) is 291 Å². The van der Waals surface area contributed by atoms with Crippen molar-refractivity contribution in [2.24, 2.45) is 0 Å². The number of fused-ring (bicyclic) bond motifs is 10. The van der Waals surface area contributed by atoms with Crippen molar-refractivity contribution in [2.45, 2.75) is 0 Å². The van der Waals surface area contributed by atoms with Crippen LogP contribution in [0, 0.1) is 0 Å². The number of benzene rings is 13. The molecule has 0 aliphatic carbocycles. The molecule has 19 rings (SSSR count). The molecule has 88 heavy (non-hydrogen) atoms. The van der Waals surface area contributed by atoms with Gasteiger partial charge in [-0.1, -0.05) is 255 Å². The zero-order chi connectivity index (χ0) is 57.8. The van der Waals surface area contributed by atoms with E-state index in [-0.39, 0.29) is 0 Å². The van der Waals surface area contributed by atoms with E-state index < -0.39 is 0 Å². The van der Waals surface area contributed by atoms with Crippen LogP contribution in [0.5, 0.6) is 0 Å². The van der Waals surface area contributed by atoms with Crippen LogP contribution in [0.15, 0.2) is 291 Å². The minimum Gasteiger partial charge on any atom is -0.308 e. The summed E-state index contributed by atoms with van der Waals surface area (Å²) in [6, 6.07) is 102. The molecule has 0 bridgehead atoms. The highest BCUT2D eigenvalue weighted by Gasteiger charge is 2.23. The summed E-state index contributed by atoms with van der Waals surface area (Å²) in [5, 5.41) is 14.9. The van der Waals surface area contributed by atoms with Crippen LogP contribution in [0.3, 0.4) is 0 Å². The predicted molar refractivity (Wildman–Crippen MR) is 362 cm³/mol. The number of hydrogen-bond donors (Lipinski definition) is 0. The maximum Gasteiger partial charge on any atom is 0.164 e. The Morgan fingerprint density at radius 2 is 0.500 bits per heavy atom. The Kier molecular flexibility index (Phi) is 11.1. The van der Waals surface area contributed by atoms with Crippen LogP contribution >= 0.6 is 0 Å². The second-order valence-corrected chi connectivity index (χ2v) is 22.6. The van der Waals surface area contributed by atoms with Gasteiger partial charge in [-0.3, -0.25) is 0 Å². The lowest BCUT2D eigenvalue weighted by Crippen LogP contribution is -2.00. The Labute approximate surface area is 504 Å². The largest absolute Gasteiger partial charge is 0.308 e. The number of nitrogens with zero attached hydrogens (tertiary/aromatic N) is 8. The van der Waals surface area contributed by atoms with E-state index in [1.54, 1.807) is 0 Å². The Morgan fingerprint density at radius 1 is 0.182 bits per heavy atom. The second-order valence-electron chi connectivity index (χ2n) is 22.6. The minimum absolute atomic E-state index is 0.650. The van der Waals surface area contributed by atoms with Crippen LogP contribution < -0.4 is 0 Å². The third-order valence-electron chi connectivity index (χ3n) is 17.5. The van der Waals surface area contributed by atoms with E-state index in [2.05, 4.69) is 215 Å². The molecule has 0 saturated carbocycles. The van der Waals surface area contributed by atoms with Crippen molar-refractivity contribution in [1.29, 1.82) is 0 Å². The summed E-state index contributed by atoms with van der Waals surface area (Å²) < 4.78 is 4.86. The fourth-order valence-electron chi connectivity index (χ4n) is 13.5. The topological polar surface area (TPSA) is 86.2 Å². The Morgan fingerprint density at radius 3 is 1.05 bits per heavy atom. The smallest absolute Gasteiger partial charge is 0.164 e. The van der Waals surface area contributed by atoms with Crippen LogP contribution in [0.2, 0.25) is 0 Å².